The summed E-state index contributed by atoms with van der Waals surface area (Å²) in [5.41, 5.74) is 0.661. The highest BCUT2D eigenvalue weighted by Crippen LogP contribution is 2.29. The van der Waals surface area contributed by atoms with Crippen molar-refractivity contribution in [1.29, 1.82) is 0 Å². The molecule has 0 unspecified atom stereocenters. The lowest BCUT2D eigenvalue weighted by molar-refractivity contribution is 0.0696. The highest BCUT2D eigenvalue weighted by atomic mass is 35.7. The van der Waals surface area contributed by atoms with Crippen LogP contribution in [0.5, 0.6) is 0 Å². The molecule has 2 aromatic carbocycles. The smallest absolute Gasteiger partial charge is 0.335 e. The number of rotatable bonds is 2. The number of fused-ring (bicyclic) bond motifs is 1. The third kappa shape index (κ3) is 2.07. The molecule has 0 bridgehead atoms. The highest BCUT2D eigenvalue weighted by Gasteiger charge is 2.17. The molecule has 0 saturated heterocycles. The molecule has 0 amide bonds. The standard InChI is InChI=1S/C12H9ClO4S/c1-7-8-3-2-4-11(18(13,16)17)10(8)6-5-9(7)12(14)15/h2-6H,1H3,(H,14,15). The molecule has 0 aliphatic heterocycles. The molecule has 0 radical (unpaired) electrons. The van der Waals surface area contributed by atoms with Gasteiger partial charge in [0.2, 0.25) is 0 Å². The van der Waals surface area contributed by atoms with Gasteiger partial charge in [-0.25, -0.2) is 13.2 Å². The molecule has 4 nitrogen and oxygen atoms in total. The Balaban J connectivity index is 2.92. The maximum atomic E-state index is 11.4. The van der Waals surface area contributed by atoms with E-state index in [1.807, 2.05) is 0 Å². The van der Waals surface area contributed by atoms with Crippen LogP contribution in [0.1, 0.15) is 15.9 Å². The number of carboxylic acid groups (broad SMARTS) is 1. The van der Waals surface area contributed by atoms with Crippen molar-refractivity contribution < 1.29 is 18.3 Å². The molecule has 18 heavy (non-hydrogen) atoms. The number of aryl methyl sites for hydroxylation is 1. The lowest BCUT2D eigenvalue weighted by Gasteiger charge is -2.08. The van der Waals surface area contributed by atoms with Crippen molar-refractivity contribution >= 4 is 36.5 Å². The molecule has 0 spiro atoms. The van der Waals surface area contributed by atoms with Gasteiger partial charge in [0.25, 0.3) is 9.05 Å². The van der Waals surface area contributed by atoms with Gasteiger partial charge in [-0.05, 0) is 30.0 Å². The van der Waals surface area contributed by atoms with E-state index in [9.17, 15) is 13.2 Å². The van der Waals surface area contributed by atoms with Crippen molar-refractivity contribution in [3.8, 4) is 0 Å². The summed E-state index contributed by atoms with van der Waals surface area (Å²) in [5, 5.41) is 10.0. The fourth-order valence-electron chi connectivity index (χ4n) is 1.92. The average Bonchev–Trinajstić information content (AvgIpc) is 2.27. The summed E-state index contributed by atoms with van der Waals surface area (Å²) in [7, 11) is 1.49. The van der Waals surface area contributed by atoms with E-state index in [2.05, 4.69) is 0 Å². The van der Waals surface area contributed by atoms with Crippen LogP contribution >= 0.6 is 10.7 Å². The number of carboxylic acids is 1. The topological polar surface area (TPSA) is 71.4 Å². The minimum atomic E-state index is -3.85. The Hall–Kier alpha value is -1.59. The summed E-state index contributed by atoms with van der Waals surface area (Å²) in [5.74, 6) is -1.05. The summed E-state index contributed by atoms with van der Waals surface area (Å²) in [6.07, 6.45) is 0. The molecule has 0 aromatic heterocycles. The van der Waals surface area contributed by atoms with Crippen LogP contribution in [0.15, 0.2) is 35.2 Å². The second-order valence-corrected chi connectivity index (χ2v) is 6.37. The predicted molar refractivity (Wildman–Crippen MR) is 68.7 cm³/mol. The average molecular weight is 285 g/mol. The Morgan fingerprint density at radius 3 is 2.39 bits per heavy atom. The zero-order valence-electron chi connectivity index (χ0n) is 9.34. The molecular weight excluding hydrogens is 276 g/mol. The zero-order chi connectivity index (χ0) is 13.5. The van der Waals surface area contributed by atoms with Crippen LogP contribution in [0.25, 0.3) is 10.8 Å². The number of halogens is 1. The molecule has 0 aliphatic carbocycles. The largest absolute Gasteiger partial charge is 0.478 e. The van der Waals surface area contributed by atoms with Gasteiger partial charge in [0.15, 0.2) is 0 Å². The second-order valence-electron chi connectivity index (χ2n) is 3.83. The number of hydrogen-bond acceptors (Lipinski definition) is 3. The first-order valence-corrected chi connectivity index (χ1v) is 7.33. The third-order valence-electron chi connectivity index (χ3n) is 2.78. The number of aromatic carboxylic acids is 1. The first kappa shape index (κ1) is 12.9. The zero-order valence-corrected chi connectivity index (χ0v) is 10.9. The summed E-state index contributed by atoms with van der Waals surface area (Å²) in [4.78, 5) is 11.0. The monoisotopic (exact) mass is 284 g/mol. The molecular formula is C12H9ClO4S. The molecule has 0 saturated carbocycles. The van der Waals surface area contributed by atoms with Gasteiger partial charge in [-0.1, -0.05) is 18.2 Å². The van der Waals surface area contributed by atoms with E-state index >= 15 is 0 Å². The fourth-order valence-corrected chi connectivity index (χ4v) is 3.01. The van der Waals surface area contributed by atoms with E-state index in [1.165, 1.54) is 24.3 Å². The summed E-state index contributed by atoms with van der Waals surface area (Å²) >= 11 is 0. The van der Waals surface area contributed by atoms with Crippen molar-refractivity contribution in [2.24, 2.45) is 0 Å². The van der Waals surface area contributed by atoms with Gasteiger partial charge in [-0.2, -0.15) is 0 Å². The van der Waals surface area contributed by atoms with Crippen molar-refractivity contribution in [2.75, 3.05) is 0 Å². The molecule has 1 N–H and O–H groups in total. The molecule has 0 fully saturated rings. The lowest BCUT2D eigenvalue weighted by atomic mass is 10.0. The van der Waals surface area contributed by atoms with E-state index < -0.39 is 15.0 Å². The van der Waals surface area contributed by atoms with Crippen molar-refractivity contribution in [1.82, 2.24) is 0 Å². The quantitative estimate of drug-likeness (QED) is 0.861. The van der Waals surface area contributed by atoms with Crippen LogP contribution in [-0.4, -0.2) is 19.5 Å². The Morgan fingerprint density at radius 1 is 1.17 bits per heavy atom. The molecule has 2 aromatic rings. The van der Waals surface area contributed by atoms with Gasteiger partial charge in [0.1, 0.15) is 0 Å². The van der Waals surface area contributed by atoms with Gasteiger partial charge < -0.3 is 5.11 Å². The van der Waals surface area contributed by atoms with Gasteiger partial charge >= 0.3 is 5.97 Å². The molecule has 0 atom stereocenters. The SMILES string of the molecule is Cc1c(C(=O)O)ccc2c(S(=O)(=O)Cl)cccc12. The molecule has 2 rings (SSSR count). The Kier molecular flexibility index (Phi) is 3.04. The summed E-state index contributed by atoms with van der Waals surface area (Å²) in [6, 6.07) is 7.44. The Labute approximate surface area is 108 Å². The second kappa shape index (κ2) is 4.26. The van der Waals surface area contributed by atoms with E-state index in [4.69, 9.17) is 15.8 Å². The minimum Gasteiger partial charge on any atom is -0.478 e. The van der Waals surface area contributed by atoms with E-state index in [-0.39, 0.29) is 10.5 Å². The van der Waals surface area contributed by atoms with Gasteiger partial charge in [-0.15, -0.1) is 0 Å². The Bertz CT molecular complexity index is 750. The van der Waals surface area contributed by atoms with Crippen LogP contribution in [0.2, 0.25) is 0 Å². The van der Waals surface area contributed by atoms with Crippen molar-refractivity contribution in [3.05, 3.63) is 41.5 Å². The van der Waals surface area contributed by atoms with Crippen molar-refractivity contribution in [3.63, 3.8) is 0 Å². The maximum Gasteiger partial charge on any atom is 0.335 e. The Morgan fingerprint density at radius 2 is 1.83 bits per heavy atom. The van der Waals surface area contributed by atoms with E-state index in [0.717, 1.165) is 0 Å². The van der Waals surface area contributed by atoms with Crippen LogP contribution < -0.4 is 0 Å². The first-order chi connectivity index (χ1) is 8.32. The van der Waals surface area contributed by atoms with Gasteiger partial charge in [0.05, 0.1) is 10.5 Å². The van der Waals surface area contributed by atoms with Crippen LogP contribution in [-0.2, 0) is 9.05 Å². The maximum absolute atomic E-state index is 11.4. The van der Waals surface area contributed by atoms with Crippen LogP contribution in [0.4, 0.5) is 0 Å². The van der Waals surface area contributed by atoms with E-state index in [1.54, 1.807) is 13.0 Å². The first-order valence-electron chi connectivity index (χ1n) is 5.02. The summed E-state index contributed by atoms with van der Waals surface area (Å²) < 4.78 is 22.9. The van der Waals surface area contributed by atoms with Gasteiger partial charge in [0, 0.05) is 16.1 Å². The normalized spacial score (nSPS) is 11.7. The number of benzene rings is 2. The molecule has 0 heterocycles. The predicted octanol–water partition coefficient (Wildman–Crippen LogP) is 2.77. The lowest BCUT2D eigenvalue weighted by Crippen LogP contribution is -2.01. The number of hydrogen-bond donors (Lipinski definition) is 1. The molecule has 0 aliphatic rings. The number of carbonyl (C=O) groups is 1. The molecule has 6 heteroatoms. The molecule has 94 valence electrons. The van der Waals surface area contributed by atoms with Crippen molar-refractivity contribution in [2.45, 2.75) is 11.8 Å². The van der Waals surface area contributed by atoms with E-state index in [0.29, 0.717) is 16.3 Å². The highest BCUT2D eigenvalue weighted by molar-refractivity contribution is 8.14. The van der Waals surface area contributed by atoms with Crippen LogP contribution in [0, 0.1) is 6.92 Å². The fraction of sp³-hybridized carbons (Fsp3) is 0.0833. The minimum absolute atomic E-state index is 0.0123. The van der Waals surface area contributed by atoms with Gasteiger partial charge in [-0.3, -0.25) is 0 Å². The summed E-state index contributed by atoms with van der Waals surface area (Å²) in [6.45, 7) is 1.64. The third-order valence-corrected chi connectivity index (χ3v) is 4.16. The van der Waals surface area contributed by atoms with Crippen LogP contribution in [0.3, 0.4) is 0 Å².